The first-order valence-electron chi connectivity index (χ1n) is 12.5. The van der Waals surface area contributed by atoms with Gasteiger partial charge in [0.05, 0.1) is 24.3 Å². The molecular weight excluding hydrogens is 480 g/mol. The highest BCUT2D eigenvalue weighted by atomic mass is 16.5. The number of rotatable bonds is 12. The fourth-order valence-corrected chi connectivity index (χ4v) is 3.47. The molecule has 0 amide bonds. The Bertz CT molecular complexity index is 1250. The van der Waals surface area contributed by atoms with Gasteiger partial charge < -0.3 is 18.9 Å². The van der Waals surface area contributed by atoms with Crippen molar-refractivity contribution in [1.82, 2.24) is 0 Å². The van der Waals surface area contributed by atoms with Gasteiger partial charge in [0.1, 0.15) is 23.0 Å². The Kier molecular flexibility index (Phi) is 9.88. The number of carbonyl (C=O) groups excluding carboxylic acids is 2. The molecule has 3 aromatic rings. The Hall–Kier alpha value is -4.32. The fourth-order valence-electron chi connectivity index (χ4n) is 3.47. The van der Waals surface area contributed by atoms with Crippen LogP contribution in [0, 0.1) is 0 Å². The van der Waals surface area contributed by atoms with Gasteiger partial charge in [-0.2, -0.15) is 0 Å². The van der Waals surface area contributed by atoms with E-state index in [4.69, 9.17) is 18.9 Å². The lowest BCUT2D eigenvalue weighted by Crippen LogP contribution is -2.17. The van der Waals surface area contributed by atoms with Gasteiger partial charge in [-0.25, -0.2) is 9.59 Å². The highest BCUT2D eigenvalue weighted by Gasteiger charge is 2.23. The molecule has 0 heterocycles. The molecule has 38 heavy (non-hydrogen) atoms. The standard InChI is InChI=1S/C32H34O6/c1-6-8-20-35-25-14-10-23(11-15-25)30(33)37-27-18-19-29(28(22-27)32(3,4)5)38-31(34)24-12-16-26(17-13-24)36-21-9-7-2/h6-7,10-19,22H,1-2,8-9,20-21H2,3-5H3. The molecule has 3 rings (SSSR count). The number of hydrogen-bond acceptors (Lipinski definition) is 6. The Morgan fingerprint density at radius 2 is 1.13 bits per heavy atom. The van der Waals surface area contributed by atoms with Gasteiger partial charge in [0.25, 0.3) is 0 Å². The van der Waals surface area contributed by atoms with E-state index in [1.54, 1.807) is 78.9 Å². The molecular formula is C32H34O6. The normalized spacial score (nSPS) is 10.8. The quantitative estimate of drug-likeness (QED) is 0.109. The minimum atomic E-state index is -0.498. The van der Waals surface area contributed by atoms with E-state index in [9.17, 15) is 9.59 Å². The zero-order chi connectivity index (χ0) is 27.5. The molecule has 0 aliphatic rings. The topological polar surface area (TPSA) is 71.1 Å². The lowest BCUT2D eigenvalue weighted by Gasteiger charge is -2.23. The molecule has 0 aliphatic carbocycles. The Morgan fingerprint density at radius 3 is 1.58 bits per heavy atom. The summed E-state index contributed by atoms with van der Waals surface area (Å²) in [6.07, 6.45) is 5.04. The molecule has 0 radical (unpaired) electrons. The smallest absolute Gasteiger partial charge is 0.343 e. The van der Waals surface area contributed by atoms with Crippen LogP contribution in [0.25, 0.3) is 0 Å². The molecule has 0 bridgehead atoms. The summed E-state index contributed by atoms with van der Waals surface area (Å²) in [4.78, 5) is 25.6. The van der Waals surface area contributed by atoms with Crippen LogP contribution < -0.4 is 18.9 Å². The first-order valence-corrected chi connectivity index (χ1v) is 12.5. The van der Waals surface area contributed by atoms with Gasteiger partial charge in [0.2, 0.25) is 0 Å². The zero-order valence-corrected chi connectivity index (χ0v) is 22.2. The Morgan fingerprint density at radius 1 is 0.684 bits per heavy atom. The van der Waals surface area contributed by atoms with E-state index in [0.717, 1.165) is 18.4 Å². The summed E-state index contributed by atoms with van der Waals surface area (Å²) in [5.74, 6) is 1.09. The summed E-state index contributed by atoms with van der Waals surface area (Å²) >= 11 is 0. The van der Waals surface area contributed by atoms with Gasteiger partial charge in [-0.1, -0.05) is 32.9 Å². The number of ether oxygens (including phenoxy) is 4. The lowest BCUT2D eigenvalue weighted by molar-refractivity contribution is 0.0716. The number of benzene rings is 3. The molecule has 0 saturated carbocycles. The average molecular weight is 515 g/mol. The van der Waals surface area contributed by atoms with Crippen molar-refractivity contribution in [3.05, 3.63) is 109 Å². The van der Waals surface area contributed by atoms with E-state index in [-0.39, 0.29) is 5.41 Å². The molecule has 0 saturated heterocycles. The van der Waals surface area contributed by atoms with Gasteiger partial charge >= 0.3 is 11.9 Å². The predicted octanol–water partition coefficient (Wildman–Crippen LogP) is 7.33. The molecule has 0 fully saturated rings. The van der Waals surface area contributed by atoms with Gasteiger partial charge in [0.15, 0.2) is 0 Å². The van der Waals surface area contributed by atoms with Crippen LogP contribution in [0.2, 0.25) is 0 Å². The zero-order valence-electron chi connectivity index (χ0n) is 22.2. The lowest BCUT2D eigenvalue weighted by atomic mass is 9.86. The molecule has 3 aromatic carbocycles. The van der Waals surface area contributed by atoms with Crippen LogP contribution >= 0.6 is 0 Å². The largest absolute Gasteiger partial charge is 0.493 e. The third-order valence-corrected chi connectivity index (χ3v) is 5.53. The summed E-state index contributed by atoms with van der Waals surface area (Å²) in [5.41, 5.74) is 1.14. The van der Waals surface area contributed by atoms with Crippen LogP contribution in [0.4, 0.5) is 0 Å². The third-order valence-electron chi connectivity index (χ3n) is 5.53. The van der Waals surface area contributed by atoms with Crippen LogP contribution in [-0.2, 0) is 5.41 Å². The minimum Gasteiger partial charge on any atom is -0.493 e. The maximum Gasteiger partial charge on any atom is 0.343 e. The molecule has 0 unspecified atom stereocenters. The second kappa shape index (κ2) is 13.3. The van der Waals surface area contributed by atoms with E-state index >= 15 is 0 Å². The van der Waals surface area contributed by atoms with Crippen LogP contribution in [0.3, 0.4) is 0 Å². The van der Waals surface area contributed by atoms with Crippen molar-refractivity contribution in [1.29, 1.82) is 0 Å². The maximum atomic E-state index is 12.8. The number of carbonyl (C=O) groups is 2. The fraction of sp³-hybridized carbons (Fsp3) is 0.250. The predicted molar refractivity (Wildman–Crippen MR) is 149 cm³/mol. The summed E-state index contributed by atoms with van der Waals surface area (Å²) < 4.78 is 22.5. The molecule has 0 aliphatic heterocycles. The minimum absolute atomic E-state index is 0.354. The van der Waals surface area contributed by atoms with Crippen molar-refractivity contribution in [3.8, 4) is 23.0 Å². The van der Waals surface area contributed by atoms with E-state index in [0.29, 0.717) is 47.3 Å². The molecule has 198 valence electrons. The molecule has 6 heteroatoms. The van der Waals surface area contributed by atoms with Gasteiger partial charge in [-0.05, 0) is 85.0 Å². The highest BCUT2D eigenvalue weighted by Crippen LogP contribution is 2.35. The monoisotopic (exact) mass is 514 g/mol. The average Bonchev–Trinajstić information content (AvgIpc) is 2.90. The van der Waals surface area contributed by atoms with Crippen molar-refractivity contribution in [3.63, 3.8) is 0 Å². The summed E-state index contributed by atoms with van der Waals surface area (Å²) in [7, 11) is 0. The van der Waals surface area contributed by atoms with Crippen LogP contribution in [0.5, 0.6) is 23.0 Å². The Balaban J connectivity index is 1.70. The van der Waals surface area contributed by atoms with E-state index in [1.807, 2.05) is 20.8 Å². The van der Waals surface area contributed by atoms with Crippen LogP contribution in [0.1, 0.15) is 59.9 Å². The first-order chi connectivity index (χ1) is 18.2. The van der Waals surface area contributed by atoms with E-state index < -0.39 is 11.9 Å². The molecule has 0 atom stereocenters. The second-order valence-electron chi connectivity index (χ2n) is 9.59. The van der Waals surface area contributed by atoms with Crippen LogP contribution in [-0.4, -0.2) is 25.2 Å². The number of hydrogen-bond donors (Lipinski definition) is 0. The van der Waals surface area contributed by atoms with Crippen molar-refractivity contribution < 1.29 is 28.5 Å². The summed E-state index contributed by atoms with van der Waals surface area (Å²) in [6.45, 7) is 14.4. The van der Waals surface area contributed by atoms with Gasteiger partial charge in [-0.15, -0.1) is 13.2 Å². The number of esters is 2. The summed E-state index contributed by atoms with van der Waals surface area (Å²) in [5, 5.41) is 0. The van der Waals surface area contributed by atoms with Crippen molar-refractivity contribution in [2.75, 3.05) is 13.2 Å². The maximum absolute atomic E-state index is 12.8. The van der Waals surface area contributed by atoms with Gasteiger partial charge in [-0.3, -0.25) is 0 Å². The van der Waals surface area contributed by atoms with Crippen molar-refractivity contribution >= 4 is 11.9 Å². The summed E-state index contributed by atoms with van der Waals surface area (Å²) in [6, 6.07) is 18.5. The van der Waals surface area contributed by atoms with Crippen molar-refractivity contribution in [2.45, 2.75) is 39.0 Å². The SMILES string of the molecule is C=CCCOc1ccc(C(=O)Oc2ccc(OC(=O)c3ccc(OCCC=C)cc3)c(C(C)(C)C)c2)cc1. The first kappa shape index (κ1) is 28.3. The second-order valence-corrected chi connectivity index (χ2v) is 9.59. The van der Waals surface area contributed by atoms with E-state index in [2.05, 4.69) is 13.2 Å². The Labute approximate surface area is 224 Å². The van der Waals surface area contributed by atoms with Crippen molar-refractivity contribution in [2.24, 2.45) is 0 Å². The van der Waals surface area contributed by atoms with E-state index in [1.165, 1.54) is 0 Å². The molecule has 0 spiro atoms. The molecule has 6 nitrogen and oxygen atoms in total. The van der Waals surface area contributed by atoms with Crippen LogP contribution in [0.15, 0.2) is 92.0 Å². The molecule has 0 aromatic heterocycles. The van der Waals surface area contributed by atoms with Gasteiger partial charge in [0, 0.05) is 5.56 Å². The highest BCUT2D eigenvalue weighted by molar-refractivity contribution is 5.92. The molecule has 0 N–H and O–H groups in total. The third kappa shape index (κ3) is 8.10.